The van der Waals surface area contributed by atoms with E-state index >= 15 is 0 Å². The molecule has 1 amide bonds. The molecule has 1 aromatic carbocycles. The lowest BCUT2D eigenvalue weighted by atomic mass is 9.92. The Balaban J connectivity index is 2.15. The van der Waals surface area contributed by atoms with Crippen LogP contribution < -0.4 is 10.1 Å². The monoisotopic (exact) mass is 497 g/mol. The van der Waals surface area contributed by atoms with Crippen LogP contribution in [-0.2, 0) is 14.3 Å². The molecule has 0 aromatic heterocycles. The Morgan fingerprint density at radius 2 is 1.97 bits per heavy atom. The number of hydrogen-bond donors (Lipinski definition) is 1. The van der Waals surface area contributed by atoms with E-state index in [0.717, 1.165) is 11.8 Å². The predicted molar refractivity (Wildman–Crippen MR) is 123 cm³/mol. The zero-order chi connectivity index (χ0) is 25.0. The Morgan fingerprint density at radius 1 is 1.26 bits per heavy atom. The van der Waals surface area contributed by atoms with Gasteiger partial charge in [-0.15, -0.1) is 0 Å². The van der Waals surface area contributed by atoms with E-state index in [4.69, 9.17) is 9.47 Å². The number of fused-ring (bicyclic) bond motifs is 1. The molecule has 1 N–H and O–H groups in total. The highest BCUT2D eigenvalue weighted by molar-refractivity contribution is 8.16. The summed E-state index contributed by atoms with van der Waals surface area (Å²) in [5.41, 5.74) is -1.24. The molecular weight excluding hydrogens is 471 g/mol. The van der Waals surface area contributed by atoms with Gasteiger partial charge in [-0.2, -0.15) is 13.2 Å². The Morgan fingerprint density at radius 3 is 2.59 bits per heavy atom. The molecule has 0 saturated carbocycles. The number of nitrogens with one attached hydrogen (secondary N) is 1. The summed E-state index contributed by atoms with van der Waals surface area (Å²) in [6.45, 7) is 5.76. The van der Waals surface area contributed by atoms with Gasteiger partial charge >= 0.3 is 12.1 Å². The lowest BCUT2D eigenvalue weighted by Crippen LogP contribution is -2.40. The largest absolute Gasteiger partial charge is 0.496 e. The number of hydrogen-bond acceptors (Lipinski definition) is 7. The van der Waals surface area contributed by atoms with Gasteiger partial charge in [-0.3, -0.25) is 4.79 Å². The molecule has 7 nitrogen and oxygen atoms in total. The van der Waals surface area contributed by atoms with Crippen LogP contribution in [0.4, 0.5) is 13.2 Å². The molecule has 0 spiro atoms. The number of amides is 1. The summed E-state index contributed by atoms with van der Waals surface area (Å²) in [6, 6.07) is 5.24. The molecule has 2 aliphatic heterocycles. The summed E-state index contributed by atoms with van der Waals surface area (Å²) in [4.78, 5) is 30.7. The molecule has 0 saturated heterocycles. The van der Waals surface area contributed by atoms with Crippen LogP contribution in [0.15, 0.2) is 51.6 Å². The fraction of sp³-hybridized carbons (Fsp3) is 0.435. The average molecular weight is 498 g/mol. The maximum Gasteiger partial charge on any atom is 0.434 e. The van der Waals surface area contributed by atoms with Crippen molar-refractivity contribution in [1.29, 1.82) is 0 Å². The third-order valence-electron chi connectivity index (χ3n) is 5.06. The summed E-state index contributed by atoms with van der Waals surface area (Å²) in [5.74, 6) is -0.896. The van der Waals surface area contributed by atoms with Gasteiger partial charge in [0.05, 0.1) is 31.8 Å². The number of methoxy groups -OCH3 is 1. The van der Waals surface area contributed by atoms with Crippen LogP contribution in [0.3, 0.4) is 0 Å². The van der Waals surface area contributed by atoms with Gasteiger partial charge in [0.15, 0.2) is 10.9 Å². The summed E-state index contributed by atoms with van der Waals surface area (Å²) in [5, 5.41) is 4.40. The fourth-order valence-corrected chi connectivity index (χ4v) is 4.54. The number of ether oxygens (including phenoxy) is 2. The molecule has 1 atom stereocenters. The lowest BCUT2D eigenvalue weighted by Gasteiger charge is -2.37. The fourth-order valence-electron chi connectivity index (χ4n) is 3.62. The van der Waals surface area contributed by atoms with Gasteiger partial charge < -0.3 is 19.7 Å². The number of amidine groups is 1. The first-order valence-corrected chi connectivity index (χ1v) is 11.6. The van der Waals surface area contributed by atoms with Crippen LogP contribution in [0.1, 0.15) is 38.8 Å². The third-order valence-corrected chi connectivity index (χ3v) is 5.95. The minimum Gasteiger partial charge on any atom is -0.496 e. The Bertz CT molecular complexity index is 1050. The van der Waals surface area contributed by atoms with Crippen molar-refractivity contribution in [3.8, 4) is 5.75 Å². The second kappa shape index (κ2) is 10.5. The molecular formula is C23H26F3N3O4S. The Labute approximate surface area is 200 Å². The minimum atomic E-state index is -4.90. The molecule has 184 valence electrons. The van der Waals surface area contributed by atoms with Crippen molar-refractivity contribution in [3.63, 3.8) is 0 Å². The highest BCUT2D eigenvalue weighted by atomic mass is 32.2. The molecule has 2 aliphatic rings. The highest BCUT2D eigenvalue weighted by Crippen LogP contribution is 2.49. The van der Waals surface area contributed by atoms with Crippen LogP contribution in [-0.4, -0.2) is 48.4 Å². The number of benzene rings is 1. The smallest absolute Gasteiger partial charge is 0.434 e. The molecule has 0 fully saturated rings. The number of esters is 1. The zero-order valence-corrected chi connectivity index (χ0v) is 20.0. The van der Waals surface area contributed by atoms with E-state index in [2.05, 4.69) is 10.3 Å². The molecule has 0 aliphatic carbocycles. The van der Waals surface area contributed by atoms with Crippen molar-refractivity contribution in [2.75, 3.05) is 20.3 Å². The minimum absolute atomic E-state index is 0.0166. The van der Waals surface area contributed by atoms with Gasteiger partial charge in [0.2, 0.25) is 5.91 Å². The maximum absolute atomic E-state index is 14.1. The Kier molecular flexibility index (Phi) is 7.96. The standard InChI is InChI=1S/C23H26F3N3O4S/c1-5-33-21(31)18-19(15-8-6-7-9-16(15)32-4)29-14(10-17(30)27-11-13(2)3)12-34-22(29)28-20(18)23(24,25)26/h6-9,12-13,19H,5,10-11H2,1-4H3,(H,27,30)/t19-/m0/s1. The lowest BCUT2D eigenvalue weighted by molar-refractivity contribution is -0.140. The molecule has 11 heteroatoms. The van der Waals surface area contributed by atoms with Gasteiger partial charge in [0.25, 0.3) is 0 Å². The van der Waals surface area contributed by atoms with E-state index in [0.29, 0.717) is 17.8 Å². The van der Waals surface area contributed by atoms with Gasteiger partial charge in [0, 0.05) is 17.8 Å². The zero-order valence-electron chi connectivity index (χ0n) is 19.2. The van der Waals surface area contributed by atoms with E-state index in [1.54, 1.807) is 29.7 Å². The third kappa shape index (κ3) is 5.40. The first-order chi connectivity index (χ1) is 16.1. The topological polar surface area (TPSA) is 80.2 Å². The number of carbonyl (C=O) groups is 2. The summed E-state index contributed by atoms with van der Waals surface area (Å²) >= 11 is 0.966. The molecule has 34 heavy (non-hydrogen) atoms. The van der Waals surface area contributed by atoms with Crippen LogP contribution in [0, 0.1) is 5.92 Å². The number of alkyl halides is 3. The van der Waals surface area contributed by atoms with E-state index in [1.807, 2.05) is 13.8 Å². The number of allylic oxidation sites excluding steroid dienone is 1. The second-order valence-corrected chi connectivity index (χ2v) is 8.83. The molecule has 0 bridgehead atoms. The first kappa shape index (κ1) is 25.7. The Hall–Kier alpha value is -2.95. The van der Waals surface area contributed by atoms with Crippen LogP contribution in [0.2, 0.25) is 0 Å². The van der Waals surface area contributed by atoms with Gasteiger partial charge in [-0.05, 0) is 24.3 Å². The van der Waals surface area contributed by atoms with Crippen molar-refractivity contribution in [3.05, 3.63) is 52.2 Å². The van der Waals surface area contributed by atoms with Crippen LogP contribution >= 0.6 is 11.8 Å². The quantitative estimate of drug-likeness (QED) is 0.532. The first-order valence-electron chi connectivity index (χ1n) is 10.7. The molecule has 3 rings (SSSR count). The van der Waals surface area contributed by atoms with Gasteiger partial charge in [-0.25, -0.2) is 9.79 Å². The SMILES string of the molecule is CCOC(=O)C1=C(C(F)(F)F)N=C2SC=C(CC(=O)NCC(C)C)N2[C@H]1c1ccccc1OC. The van der Waals surface area contributed by atoms with Gasteiger partial charge in [-0.1, -0.05) is 43.8 Å². The van der Waals surface area contributed by atoms with E-state index in [9.17, 15) is 22.8 Å². The molecule has 1 aromatic rings. The number of carbonyl (C=O) groups excluding carboxylic acids is 2. The number of rotatable bonds is 8. The maximum atomic E-state index is 14.1. The van der Waals surface area contributed by atoms with Crippen molar-refractivity contribution in [1.82, 2.24) is 10.2 Å². The normalized spacial score (nSPS) is 17.9. The number of aliphatic imine (C=N–C) groups is 1. The average Bonchev–Trinajstić information content (AvgIpc) is 3.18. The summed E-state index contributed by atoms with van der Waals surface area (Å²) in [6.07, 6.45) is -5.00. The molecule has 0 radical (unpaired) electrons. The summed E-state index contributed by atoms with van der Waals surface area (Å²) < 4.78 is 52.7. The number of para-hydroxylation sites is 1. The van der Waals surface area contributed by atoms with E-state index < -0.39 is 29.5 Å². The van der Waals surface area contributed by atoms with Gasteiger partial charge in [0.1, 0.15) is 5.75 Å². The second-order valence-electron chi connectivity index (χ2n) is 7.99. The predicted octanol–water partition coefficient (Wildman–Crippen LogP) is 4.54. The molecule has 2 heterocycles. The van der Waals surface area contributed by atoms with Crippen LogP contribution in [0.25, 0.3) is 0 Å². The van der Waals surface area contributed by atoms with E-state index in [-0.39, 0.29) is 35.8 Å². The van der Waals surface area contributed by atoms with Crippen molar-refractivity contribution >= 4 is 28.8 Å². The van der Waals surface area contributed by atoms with Crippen LogP contribution in [0.5, 0.6) is 5.75 Å². The van der Waals surface area contributed by atoms with Crippen molar-refractivity contribution in [2.24, 2.45) is 10.9 Å². The van der Waals surface area contributed by atoms with Crippen molar-refractivity contribution < 1.29 is 32.2 Å². The highest BCUT2D eigenvalue weighted by Gasteiger charge is 2.49. The summed E-state index contributed by atoms with van der Waals surface area (Å²) in [7, 11) is 1.39. The number of halogens is 3. The van der Waals surface area contributed by atoms with E-state index in [1.165, 1.54) is 18.9 Å². The number of nitrogens with zero attached hydrogens (tertiary/aromatic N) is 2. The van der Waals surface area contributed by atoms with Crippen molar-refractivity contribution in [2.45, 2.75) is 39.4 Å². The molecule has 0 unspecified atom stereocenters. The number of thioether (sulfide) groups is 1.